The highest BCUT2D eigenvalue weighted by Crippen LogP contribution is 2.12. The van der Waals surface area contributed by atoms with Gasteiger partial charge in [-0.1, -0.05) is 30.3 Å². The largest absolute Gasteiger partial charge is 0.465 e. The Morgan fingerprint density at radius 1 is 1.28 bits per heavy atom. The van der Waals surface area contributed by atoms with Crippen LogP contribution >= 0.6 is 0 Å². The van der Waals surface area contributed by atoms with Crippen LogP contribution in [0.15, 0.2) is 30.3 Å². The van der Waals surface area contributed by atoms with Crippen LogP contribution in [-0.4, -0.2) is 34.7 Å². The predicted molar refractivity (Wildman–Crippen MR) is 72.6 cm³/mol. The van der Waals surface area contributed by atoms with Crippen molar-refractivity contribution in [3.63, 3.8) is 0 Å². The lowest BCUT2D eigenvalue weighted by Gasteiger charge is -2.33. The van der Waals surface area contributed by atoms with E-state index < -0.39 is 6.09 Å². The summed E-state index contributed by atoms with van der Waals surface area (Å²) < 4.78 is 0. The number of hydrogen-bond donors (Lipinski definition) is 2. The Hall–Kier alpha value is -1.55. The van der Waals surface area contributed by atoms with Crippen molar-refractivity contribution in [1.82, 2.24) is 10.2 Å². The maximum atomic E-state index is 11.1. The maximum absolute atomic E-state index is 11.1. The Bertz CT molecular complexity index is 371. The molecule has 1 aromatic rings. The number of rotatable bonds is 5. The number of nitrogens with one attached hydrogen (secondary N) is 1. The van der Waals surface area contributed by atoms with Crippen LogP contribution in [0, 0.1) is 0 Å². The van der Waals surface area contributed by atoms with E-state index in [9.17, 15) is 4.79 Å². The second-order valence-electron chi connectivity index (χ2n) is 5.27. The molecule has 0 radical (unpaired) electrons. The Kier molecular flexibility index (Phi) is 5.16. The number of hydrogen-bond acceptors (Lipinski definition) is 2. The van der Waals surface area contributed by atoms with Gasteiger partial charge in [-0.3, -0.25) is 0 Å². The molecule has 100 valence electrons. The van der Waals surface area contributed by atoms with Gasteiger partial charge in [-0.2, -0.15) is 0 Å². The van der Waals surface area contributed by atoms with E-state index in [2.05, 4.69) is 5.32 Å². The number of carboxylic acid groups (broad SMARTS) is 1. The van der Waals surface area contributed by atoms with Crippen molar-refractivity contribution in [2.24, 2.45) is 0 Å². The van der Waals surface area contributed by atoms with E-state index in [-0.39, 0.29) is 5.54 Å². The van der Waals surface area contributed by atoms with Gasteiger partial charge in [-0.15, -0.1) is 0 Å². The second-order valence-corrected chi connectivity index (χ2v) is 5.27. The number of amides is 1. The van der Waals surface area contributed by atoms with Crippen LogP contribution in [0.4, 0.5) is 4.79 Å². The summed E-state index contributed by atoms with van der Waals surface area (Å²) in [6, 6.07) is 10.1. The van der Waals surface area contributed by atoms with Crippen LogP contribution < -0.4 is 5.32 Å². The van der Waals surface area contributed by atoms with Crippen LogP contribution in [0.1, 0.15) is 26.3 Å². The van der Waals surface area contributed by atoms with Gasteiger partial charge in [-0.25, -0.2) is 4.79 Å². The molecule has 4 heteroatoms. The minimum Gasteiger partial charge on any atom is -0.465 e. The molecule has 1 aromatic carbocycles. The highest BCUT2D eigenvalue weighted by atomic mass is 16.4. The van der Waals surface area contributed by atoms with Crippen molar-refractivity contribution in [2.75, 3.05) is 13.1 Å². The van der Waals surface area contributed by atoms with Crippen LogP contribution in [0.5, 0.6) is 0 Å². The molecule has 2 N–H and O–H groups in total. The molecular formula is C14H22N2O2. The molecular weight excluding hydrogens is 228 g/mol. The molecule has 0 spiro atoms. The molecule has 0 bridgehead atoms. The van der Waals surface area contributed by atoms with E-state index in [1.807, 2.05) is 51.1 Å². The molecule has 1 rings (SSSR count). The van der Waals surface area contributed by atoms with Gasteiger partial charge in [0.25, 0.3) is 0 Å². The molecule has 0 aromatic heterocycles. The van der Waals surface area contributed by atoms with E-state index >= 15 is 0 Å². The van der Waals surface area contributed by atoms with Crippen LogP contribution in [0.2, 0.25) is 0 Å². The highest BCUT2D eigenvalue weighted by molar-refractivity contribution is 5.65. The lowest BCUT2D eigenvalue weighted by Crippen LogP contribution is -2.47. The van der Waals surface area contributed by atoms with Crippen LogP contribution in [-0.2, 0) is 6.54 Å². The average molecular weight is 250 g/mol. The minimum atomic E-state index is -0.871. The first kappa shape index (κ1) is 14.5. The summed E-state index contributed by atoms with van der Waals surface area (Å²) in [6.45, 7) is 7.61. The molecule has 0 heterocycles. The van der Waals surface area contributed by atoms with Crippen LogP contribution in [0.25, 0.3) is 0 Å². The van der Waals surface area contributed by atoms with E-state index in [0.29, 0.717) is 13.1 Å². The lowest BCUT2D eigenvalue weighted by atomic mass is 10.1. The first-order valence-corrected chi connectivity index (χ1v) is 6.16. The first-order valence-electron chi connectivity index (χ1n) is 6.16. The zero-order valence-corrected chi connectivity index (χ0v) is 11.3. The van der Waals surface area contributed by atoms with Gasteiger partial charge in [-0.05, 0) is 26.3 Å². The summed E-state index contributed by atoms with van der Waals surface area (Å²) in [5.41, 5.74) is 0.843. The summed E-state index contributed by atoms with van der Waals surface area (Å²) in [5, 5.41) is 12.4. The summed E-state index contributed by atoms with van der Waals surface area (Å²) in [6.07, 6.45) is -0.871. The molecule has 0 aliphatic carbocycles. The smallest absolute Gasteiger partial charge is 0.407 e. The average Bonchev–Trinajstić information content (AvgIpc) is 2.27. The fraction of sp³-hybridized carbons (Fsp3) is 0.500. The summed E-state index contributed by atoms with van der Waals surface area (Å²) in [4.78, 5) is 12.6. The molecule has 0 unspecified atom stereocenters. The quantitative estimate of drug-likeness (QED) is 0.790. The number of benzene rings is 1. The van der Waals surface area contributed by atoms with Crippen molar-refractivity contribution < 1.29 is 9.90 Å². The van der Waals surface area contributed by atoms with Gasteiger partial charge in [0.1, 0.15) is 0 Å². The maximum Gasteiger partial charge on any atom is 0.407 e. The molecule has 0 saturated carbocycles. The van der Waals surface area contributed by atoms with E-state index in [1.165, 1.54) is 10.5 Å². The Labute approximate surface area is 109 Å². The monoisotopic (exact) mass is 250 g/mol. The molecule has 1 amide bonds. The summed E-state index contributed by atoms with van der Waals surface area (Å²) >= 11 is 0. The topological polar surface area (TPSA) is 52.6 Å². The molecule has 18 heavy (non-hydrogen) atoms. The van der Waals surface area contributed by atoms with Crippen molar-refractivity contribution in [2.45, 2.75) is 32.9 Å². The molecule has 0 fully saturated rings. The van der Waals surface area contributed by atoms with Crippen molar-refractivity contribution in [3.8, 4) is 0 Å². The Balaban J connectivity index is 2.34. The van der Waals surface area contributed by atoms with Gasteiger partial charge >= 0.3 is 6.09 Å². The van der Waals surface area contributed by atoms with Gasteiger partial charge < -0.3 is 15.3 Å². The summed E-state index contributed by atoms with van der Waals surface area (Å²) in [5.74, 6) is 0. The standard InChI is InChI=1S/C14H22N2O2/c1-14(2,3)16(13(17)18)10-9-15-11-12-7-5-4-6-8-12/h4-8,15H,9-11H2,1-3H3,(H,17,18). The SMILES string of the molecule is CC(C)(C)N(CCNCc1ccccc1)C(=O)O. The predicted octanol–water partition coefficient (Wildman–Crippen LogP) is 2.55. The van der Waals surface area contributed by atoms with Gasteiger partial charge in [0.2, 0.25) is 0 Å². The highest BCUT2D eigenvalue weighted by Gasteiger charge is 2.25. The van der Waals surface area contributed by atoms with Crippen molar-refractivity contribution in [3.05, 3.63) is 35.9 Å². The fourth-order valence-corrected chi connectivity index (χ4v) is 1.74. The fourth-order valence-electron chi connectivity index (χ4n) is 1.74. The van der Waals surface area contributed by atoms with Gasteiger partial charge in [0.15, 0.2) is 0 Å². The third-order valence-electron chi connectivity index (χ3n) is 2.72. The number of carbonyl (C=O) groups is 1. The third-order valence-corrected chi connectivity index (χ3v) is 2.72. The van der Waals surface area contributed by atoms with E-state index in [0.717, 1.165) is 6.54 Å². The third kappa shape index (κ3) is 4.75. The van der Waals surface area contributed by atoms with Crippen molar-refractivity contribution in [1.29, 1.82) is 0 Å². The minimum absolute atomic E-state index is 0.361. The Morgan fingerprint density at radius 3 is 2.39 bits per heavy atom. The molecule has 0 saturated heterocycles. The molecule has 0 aliphatic rings. The summed E-state index contributed by atoms with van der Waals surface area (Å²) in [7, 11) is 0. The zero-order valence-electron chi connectivity index (χ0n) is 11.3. The Morgan fingerprint density at radius 2 is 1.89 bits per heavy atom. The normalized spacial score (nSPS) is 11.3. The van der Waals surface area contributed by atoms with E-state index in [1.54, 1.807) is 0 Å². The molecule has 0 atom stereocenters. The van der Waals surface area contributed by atoms with Crippen LogP contribution in [0.3, 0.4) is 0 Å². The molecule has 4 nitrogen and oxygen atoms in total. The lowest BCUT2D eigenvalue weighted by molar-refractivity contribution is 0.101. The van der Waals surface area contributed by atoms with Gasteiger partial charge in [0.05, 0.1) is 0 Å². The van der Waals surface area contributed by atoms with E-state index in [4.69, 9.17) is 5.11 Å². The first-order chi connectivity index (χ1) is 8.41. The van der Waals surface area contributed by atoms with Gasteiger partial charge in [0, 0.05) is 25.2 Å². The molecule has 0 aliphatic heterocycles. The second kappa shape index (κ2) is 6.40. The number of nitrogens with zero attached hydrogens (tertiary/aromatic N) is 1. The van der Waals surface area contributed by atoms with Crippen molar-refractivity contribution >= 4 is 6.09 Å². The zero-order chi connectivity index (χ0) is 13.6.